The van der Waals surface area contributed by atoms with Crippen molar-refractivity contribution in [1.82, 2.24) is 19.1 Å². The van der Waals surface area contributed by atoms with Gasteiger partial charge in [-0.3, -0.25) is 0 Å². The highest BCUT2D eigenvalue weighted by molar-refractivity contribution is 5.44. The molecule has 5 nitrogen and oxygen atoms in total. The second kappa shape index (κ2) is 6.22. The van der Waals surface area contributed by atoms with Crippen LogP contribution in [0.25, 0.3) is 11.6 Å². The third-order valence-corrected chi connectivity index (χ3v) is 4.00. The maximum Gasteiger partial charge on any atom is 0.176 e. The smallest absolute Gasteiger partial charge is 0.176 e. The minimum atomic E-state index is 0.685. The van der Waals surface area contributed by atoms with Crippen molar-refractivity contribution in [3.05, 3.63) is 24.8 Å². The first-order valence-electron chi connectivity index (χ1n) is 7.49. The normalized spacial score (nSPS) is 19.4. The van der Waals surface area contributed by atoms with Crippen molar-refractivity contribution in [3.8, 4) is 11.6 Å². The van der Waals surface area contributed by atoms with Gasteiger partial charge in [-0.15, -0.1) is 0 Å². The fourth-order valence-electron chi connectivity index (χ4n) is 2.82. The summed E-state index contributed by atoms with van der Waals surface area (Å²) in [5.74, 6) is 2.61. The summed E-state index contributed by atoms with van der Waals surface area (Å²) in [6, 6.07) is 0. The number of nitrogens with zero attached hydrogens (tertiary/aromatic N) is 4. The van der Waals surface area contributed by atoms with Gasteiger partial charge in [0.15, 0.2) is 11.6 Å². The van der Waals surface area contributed by atoms with Crippen LogP contribution in [0, 0.1) is 5.92 Å². The lowest BCUT2D eigenvalue weighted by Gasteiger charge is -2.22. The molecule has 1 saturated heterocycles. The molecule has 0 aromatic carbocycles. The van der Waals surface area contributed by atoms with Crippen molar-refractivity contribution in [2.75, 3.05) is 13.2 Å². The quantitative estimate of drug-likeness (QED) is 0.841. The molecule has 1 aliphatic heterocycles. The zero-order valence-electron chi connectivity index (χ0n) is 12.0. The zero-order valence-corrected chi connectivity index (χ0v) is 12.0. The fraction of sp³-hybridized carbons (Fsp3) is 0.600. The van der Waals surface area contributed by atoms with E-state index in [2.05, 4.69) is 26.0 Å². The van der Waals surface area contributed by atoms with Gasteiger partial charge in [0.2, 0.25) is 0 Å². The van der Waals surface area contributed by atoms with Gasteiger partial charge in [0, 0.05) is 51.1 Å². The molecule has 1 fully saturated rings. The number of ether oxygens (including phenoxy) is 1. The maximum atomic E-state index is 5.55. The van der Waals surface area contributed by atoms with Crippen LogP contribution in [-0.4, -0.2) is 32.3 Å². The number of aromatic nitrogens is 4. The van der Waals surface area contributed by atoms with Gasteiger partial charge in [-0.1, -0.05) is 0 Å². The van der Waals surface area contributed by atoms with Gasteiger partial charge in [-0.05, 0) is 32.1 Å². The standard InChI is InChI=1S/C15H22N4O/c1-2-18-9-6-16-14(18)15-17-7-10-19(15)8-5-13-4-3-11-20-12-13/h6-7,9-10,13H,2-5,8,11-12H2,1H3. The van der Waals surface area contributed by atoms with Crippen LogP contribution in [0.15, 0.2) is 24.8 Å². The highest BCUT2D eigenvalue weighted by Gasteiger charge is 2.16. The molecule has 0 aliphatic carbocycles. The number of rotatable bonds is 5. The van der Waals surface area contributed by atoms with Crippen molar-refractivity contribution in [3.63, 3.8) is 0 Å². The van der Waals surface area contributed by atoms with E-state index < -0.39 is 0 Å². The molecule has 0 spiro atoms. The van der Waals surface area contributed by atoms with Crippen molar-refractivity contribution >= 4 is 0 Å². The Kier molecular flexibility index (Phi) is 4.16. The van der Waals surface area contributed by atoms with Crippen molar-refractivity contribution in [1.29, 1.82) is 0 Å². The predicted molar refractivity (Wildman–Crippen MR) is 77.3 cm³/mol. The Morgan fingerprint density at radius 2 is 1.95 bits per heavy atom. The lowest BCUT2D eigenvalue weighted by molar-refractivity contribution is 0.0501. The van der Waals surface area contributed by atoms with Crippen LogP contribution >= 0.6 is 0 Å². The van der Waals surface area contributed by atoms with Crippen molar-refractivity contribution < 1.29 is 4.74 Å². The van der Waals surface area contributed by atoms with E-state index in [-0.39, 0.29) is 0 Å². The van der Waals surface area contributed by atoms with Crippen LogP contribution in [0.4, 0.5) is 0 Å². The molecular formula is C15H22N4O. The van der Waals surface area contributed by atoms with E-state index in [1.54, 1.807) is 0 Å². The molecule has 0 bridgehead atoms. The first-order valence-corrected chi connectivity index (χ1v) is 7.49. The summed E-state index contributed by atoms with van der Waals surface area (Å²) in [6.45, 7) is 5.87. The molecule has 3 heterocycles. The van der Waals surface area contributed by atoms with Gasteiger partial charge in [0.1, 0.15) is 0 Å². The largest absolute Gasteiger partial charge is 0.381 e. The van der Waals surface area contributed by atoms with E-state index in [4.69, 9.17) is 4.74 Å². The number of hydrogen-bond acceptors (Lipinski definition) is 3. The summed E-state index contributed by atoms with van der Waals surface area (Å²) in [7, 11) is 0. The molecule has 0 amide bonds. The molecule has 2 aromatic heterocycles. The van der Waals surface area contributed by atoms with Gasteiger partial charge in [0.05, 0.1) is 0 Å². The van der Waals surface area contributed by atoms with Crippen LogP contribution in [0.5, 0.6) is 0 Å². The number of imidazole rings is 2. The molecule has 0 radical (unpaired) electrons. The van der Waals surface area contributed by atoms with Crippen LogP contribution in [-0.2, 0) is 17.8 Å². The van der Waals surface area contributed by atoms with Gasteiger partial charge >= 0.3 is 0 Å². The van der Waals surface area contributed by atoms with E-state index >= 15 is 0 Å². The van der Waals surface area contributed by atoms with E-state index in [1.165, 1.54) is 12.8 Å². The molecule has 108 valence electrons. The Balaban J connectivity index is 1.70. The molecule has 5 heteroatoms. The van der Waals surface area contributed by atoms with E-state index in [0.29, 0.717) is 5.92 Å². The maximum absolute atomic E-state index is 5.55. The Labute approximate surface area is 119 Å². The van der Waals surface area contributed by atoms with Gasteiger partial charge in [-0.2, -0.15) is 0 Å². The molecule has 0 N–H and O–H groups in total. The summed E-state index contributed by atoms with van der Waals surface area (Å²) >= 11 is 0. The average molecular weight is 274 g/mol. The Morgan fingerprint density at radius 1 is 1.20 bits per heavy atom. The molecule has 1 atom stereocenters. The Hall–Kier alpha value is -1.62. The summed E-state index contributed by atoms with van der Waals surface area (Å²) in [5.41, 5.74) is 0. The van der Waals surface area contributed by atoms with Gasteiger partial charge < -0.3 is 13.9 Å². The summed E-state index contributed by atoms with van der Waals surface area (Å²) < 4.78 is 9.89. The fourth-order valence-corrected chi connectivity index (χ4v) is 2.82. The Bertz CT molecular complexity index is 540. The van der Waals surface area contributed by atoms with Crippen LogP contribution < -0.4 is 0 Å². The lowest BCUT2D eigenvalue weighted by atomic mass is 9.99. The summed E-state index contributed by atoms with van der Waals surface area (Å²) in [4.78, 5) is 8.92. The summed E-state index contributed by atoms with van der Waals surface area (Å²) in [5, 5.41) is 0. The van der Waals surface area contributed by atoms with E-state index in [1.807, 2.05) is 24.8 Å². The number of aryl methyl sites for hydroxylation is 2. The Morgan fingerprint density at radius 3 is 2.65 bits per heavy atom. The zero-order chi connectivity index (χ0) is 13.8. The predicted octanol–water partition coefficient (Wildman–Crippen LogP) is 2.58. The van der Waals surface area contributed by atoms with Crippen molar-refractivity contribution in [2.45, 2.75) is 39.3 Å². The summed E-state index contributed by atoms with van der Waals surface area (Å²) in [6.07, 6.45) is 11.4. The third kappa shape index (κ3) is 2.77. The van der Waals surface area contributed by atoms with Crippen LogP contribution in [0.1, 0.15) is 26.2 Å². The SMILES string of the molecule is CCn1ccnc1-c1nccn1CCC1CCCOC1. The molecule has 2 aromatic rings. The molecule has 1 unspecified atom stereocenters. The highest BCUT2D eigenvalue weighted by atomic mass is 16.5. The number of hydrogen-bond donors (Lipinski definition) is 0. The van der Waals surface area contributed by atoms with Gasteiger partial charge in [0.25, 0.3) is 0 Å². The molecule has 20 heavy (non-hydrogen) atoms. The first-order chi connectivity index (χ1) is 9.88. The average Bonchev–Trinajstić information content (AvgIpc) is 3.14. The molecule has 3 rings (SSSR count). The van der Waals surface area contributed by atoms with Crippen LogP contribution in [0.3, 0.4) is 0 Å². The highest BCUT2D eigenvalue weighted by Crippen LogP contribution is 2.20. The second-order valence-corrected chi connectivity index (χ2v) is 5.35. The minimum absolute atomic E-state index is 0.685. The third-order valence-electron chi connectivity index (χ3n) is 4.00. The van der Waals surface area contributed by atoms with E-state index in [0.717, 1.165) is 44.4 Å². The van der Waals surface area contributed by atoms with Gasteiger partial charge in [-0.25, -0.2) is 9.97 Å². The molecule has 1 aliphatic rings. The lowest BCUT2D eigenvalue weighted by Crippen LogP contribution is -2.19. The topological polar surface area (TPSA) is 44.9 Å². The first kappa shape index (κ1) is 13.4. The monoisotopic (exact) mass is 274 g/mol. The molecule has 0 saturated carbocycles. The second-order valence-electron chi connectivity index (χ2n) is 5.35. The van der Waals surface area contributed by atoms with E-state index in [9.17, 15) is 0 Å². The van der Waals surface area contributed by atoms with Crippen molar-refractivity contribution in [2.24, 2.45) is 5.92 Å². The van der Waals surface area contributed by atoms with Crippen LogP contribution in [0.2, 0.25) is 0 Å². The molecular weight excluding hydrogens is 252 g/mol. The minimum Gasteiger partial charge on any atom is -0.381 e.